The first-order valence-corrected chi connectivity index (χ1v) is 5.90. The van der Waals surface area contributed by atoms with Crippen LogP contribution in [0, 0.1) is 5.82 Å². The van der Waals surface area contributed by atoms with Gasteiger partial charge >= 0.3 is 6.18 Å². The molecule has 1 aromatic carbocycles. The fourth-order valence-electron chi connectivity index (χ4n) is 1.82. The molecule has 2 aromatic rings. The Kier molecular flexibility index (Phi) is 3.80. The summed E-state index contributed by atoms with van der Waals surface area (Å²) in [5.74, 6) is -1.36. The van der Waals surface area contributed by atoms with Gasteiger partial charge in [0, 0.05) is 18.3 Å². The number of alkyl halides is 3. The van der Waals surface area contributed by atoms with Crippen LogP contribution >= 0.6 is 0 Å². The molecule has 20 heavy (non-hydrogen) atoms. The fourth-order valence-corrected chi connectivity index (χ4v) is 1.82. The summed E-state index contributed by atoms with van der Waals surface area (Å²) in [5, 5.41) is 14.0. The van der Waals surface area contributed by atoms with Crippen LogP contribution in [-0.2, 0) is 12.7 Å². The number of rotatable bonds is 3. The van der Waals surface area contributed by atoms with Crippen LogP contribution in [0.3, 0.4) is 0 Å². The summed E-state index contributed by atoms with van der Waals surface area (Å²) < 4.78 is 52.6. The standard InChI is InChI=1S/C13H12F4N2O/c1-2-19-7-9(6-18-19)12(20)8-3-4-11(14)10(5-8)13(15,16)17/h3-7,12,20H,2H2,1H3. The highest BCUT2D eigenvalue weighted by atomic mass is 19.4. The highest BCUT2D eigenvalue weighted by Gasteiger charge is 2.34. The van der Waals surface area contributed by atoms with Crippen molar-refractivity contribution in [3.05, 3.63) is 53.1 Å². The van der Waals surface area contributed by atoms with Crippen molar-refractivity contribution in [1.29, 1.82) is 0 Å². The monoisotopic (exact) mass is 288 g/mol. The summed E-state index contributed by atoms with van der Waals surface area (Å²) in [6, 6.07) is 2.44. The maximum absolute atomic E-state index is 13.2. The molecule has 0 amide bonds. The van der Waals surface area contributed by atoms with Gasteiger partial charge in [-0.1, -0.05) is 6.07 Å². The Morgan fingerprint density at radius 2 is 2.00 bits per heavy atom. The van der Waals surface area contributed by atoms with E-state index >= 15 is 0 Å². The van der Waals surface area contributed by atoms with Gasteiger partial charge in [-0.2, -0.15) is 18.3 Å². The molecule has 0 bridgehead atoms. The lowest BCUT2D eigenvalue weighted by Gasteiger charge is -2.13. The third kappa shape index (κ3) is 2.82. The SMILES string of the molecule is CCn1cc(C(O)c2ccc(F)c(C(F)(F)F)c2)cn1. The van der Waals surface area contributed by atoms with Gasteiger partial charge in [-0.05, 0) is 24.6 Å². The number of halogens is 4. The van der Waals surface area contributed by atoms with E-state index in [9.17, 15) is 22.7 Å². The molecule has 0 aliphatic heterocycles. The summed E-state index contributed by atoms with van der Waals surface area (Å²) in [6.07, 6.45) is -3.18. The second-order valence-corrected chi connectivity index (χ2v) is 4.27. The average molecular weight is 288 g/mol. The van der Waals surface area contributed by atoms with Crippen LogP contribution in [0.15, 0.2) is 30.6 Å². The van der Waals surface area contributed by atoms with Crippen LogP contribution < -0.4 is 0 Å². The minimum absolute atomic E-state index is 0.0330. The second-order valence-electron chi connectivity index (χ2n) is 4.27. The molecule has 108 valence electrons. The molecule has 0 aliphatic rings. The molecule has 1 heterocycles. The molecule has 1 atom stereocenters. The minimum atomic E-state index is -4.80. The Balaban J connectivity index is 2.37. The van der Waals surface area contributed by atoms with Gasteiger partial charge in [0.15, 0.2) is 0 Å². The van der Waals surface area contributed by atoms with Crippen LogP contribution in [0.2, 0.25) is 0 Å². The molecule has 7 heteroatoms. The maximum Gasteiger partial charge on any atom is 0.419 e. The van der Waals surface area contributed by atoms with Gasteiger partial charge in [0.1, 0.15) is 11.9 Å². The Bertz CT molecular complexity index is 607. The Morgan fingerprint density at radius 1 is 1.30 bits per heavy atom. The van der Waals surface area contributed by atoms with Gasteiger partial charge < -0.3 is 5.11 Å². The number of hydrogen-bond acceptors (Lipinski definition) is 2. The number of aliphatic hydroxyl groups excluding tert-OH is 1. The molecule has 0 radical (unpaired) electrons. The lowest BCUT2D eigenvalue weighted by molar-refractivity contribution is -0.140. The fraction of sp³-hybridized carbons (Fsp3) is 0.308. The summed E-state index contributed by atoms with van der Waals surface area (Å²) >= 11 is 0. The highest BCUT2D eigenvalue weighted by Crippen LogP contribution is 2.34. The van der Waals surface area contributed by atoms with Gasteiger partial charge in [-0.25, -0.2) is 4.39 Å². The zero-order chi connectivity index (χ0) is 14.9. The molecule has 1 aromatic heterocycles. The van der Waals surface area contributed by atoms with Crippen LogP contribution in [0.4, 0.5) is 17.6 Å². The van der Waals surface area contributed by atoms with E-state index in [-0.39, 0.29) is 5.56 Å². The van der Waals surface area contributed by atoms with Crippen molar-refractivity contribution >= 4 is 0 Å². The van der Waals surface area contributed by atoms with Crippen LogP contribution in [0.5, 0.6) is 0 Å². The van der Waals surface area contributed by atoms with Gasteiger partial charge in [-0.15, -0.1) is 0 Å². The van der Waals surface area contributed by atoms with E-state index in [2.05, 4.69) is 5.10 Å². The van der Waals surface area contributed by atoms with Crippen LogP contribution in [0.25, 0.3) is 0 Å². The predicted octanol–water partition coefficient (Wildman–Crippen LogP) is 3.14. The van der Waals surface area contributed by atoms with E-state index in [0.717, 1.165) is 6.07 Å². The molecule has 2 rings (SSSR count). The van der Waals surface area contributed by atoms with E-state index in [1.165, 1.54) is 17.1 Å². The number of aromatic nitrogens is 2. The maximum atomic E-state index is 13.2. The first-order valence-electron chi connectivity index (χ1n) is 5.90. The van der Waals surface area contributed by atoms with Crippen LogP contribution in [0.1, 0.15) is 29.7 Å². The van der Waals surface area contributed by atoms with Gasteiger partial charge in [-0.3, -0.25) is 4.68 Å². The molecule has 3 nitrogen and oxygen atoms in total. The zero-order valence-corrected chi connectivity index (χ0v) is 10.5. The van der Waals surface area contributed by atoms with Gasteiger partial charge in [0.25, 0.3) is 0 Å². The normalized spacial score (nSPS) is 13.5. The Hall–Kier alpha value is -1.89. The summed E-state index contributed by atoms with van der Waals surface area (Å²) in [6.45, 7) is 2.41. The smallest absolute Gasteiger partial charge is 0.384 e. The lowest BCUT2D eigenvalue weighted by Crippen LogP contribution is -2.10. The van der Waals surface area contributed by atoms with Gasteiger partial charge in [0.05, 0.1) is 11.8 Å². The van der Waals surface area contributed by atoms with Crippen molar-refractivity contribution in [3.8, 4) is 0 Å². The second kappa shape index (κ2) is 5.24. The largest absolute Gasteiger partial charge is 0.419 e. The molecule has 0 saturated carbocycles. The highest BCUT2D eigenvalue weighted by molar-refractivity contribution is 5.33. The van der Waals surface area contributed by atoms with Crippen molar-refractivity contribution < 1.29 is 22.7 Å². The molecule has 0 spiro atoms. The molecule has 1 unspecified atom stereocenters. The molecule has 0 fully saturated rings. The van der Waals surface area contributed by atoms with E-state index in [4.69, 9.17) is 0 Å². The van der Waals surface area contributed by atoms with E-state index < -0.39 is 23.7 Å². The van der Waals surface area contributed by atoms with Crippen molar-refractivity contribution in [3.63, 3.8) is 0 Å². The molecule has 0 aliphatic carbocycles. The average Bonchev–Trinajstić information content (AvgIpc) is 2.86. The van der Waals surface area contributed by atoms with Crippen molar-refractivity contribution in [2.24, 2.45) is 0 Å². The van der Waals surface area contributed by atoms with Gasteiger partial charge in [0.2, 0.25) is 0 Å². The summed E-state index contributed by atoms with van der Waals surface area (Å²) in [7, 11) is 0. The molecule has 0 saturated heterocycles. The summed E-state index contributed by atoms with van der Waals surface area (Å²) in [4.78, 5) is 0. The quantitative estimate of drug-likeness (QED) is 0.881. The predicted molar refractivity (Wildman–Crippen MR) is 63.4 cm³/mol. The third-order valence-corrected chi connectivity index (χ3v) is 2.90. The Labute approximate surface area is 112 Å². The first-order chi connectivity index (χ1) is 9.32. The lowest BCUT2D eigenvalue weighted by atomic mass is 10.0. The van der Waals surface area contributed by atoms with E-state index in [0.29, 0.717) is 24.2 Å². The Morgan fingerprint density at radius 3 is 2.55 bits per heavy atom. The zero-order valence-electron chi connectivity index (χ0n) is 10.5. The van der Waals surface area contributed by atoms with E-state index in [1.54, 1.807) is 0 Å². The number of hydrogen-bond donors (Lipinski definition) is 1. The minimum Gasteiger partial charge on any atom is -0.384 e. The first kappa shape index (κ1) is 14.5. The van der Waals surface area contributed by atoms with E-state index in [1.807, 2.05) is 6.92 Å². The summed E-state index contributed by atoms with van der Waals surface area (Å²) in [5.41, 5.74) is -1.07. The molecule has 1 N–H and O–H groups in total. The number of aliphatic hydroxyl groups is 1. The van der Waals surface area contributed by atoms with Crippen molar-refractivity contribution in [2.75, 3.05) is 0 Å². The number of benzene rings is 1. The van der Waals surface area contributed by atoms with Crippen molar-refractivity contribution in [1.82, 2.24) is 9.78 Å². The number of aryl methyl sites for hydroxylation is 1. The molecular weight excluding hydrogens is 276 g/mol. The topological polar surface area (TPSA) is 38.0 Å². The number of nitrogens with zero attached hydrogens (tertiary/aromatic N) is 2. The third-order valence-electron chi connectivity index (χ3n) is 2.90. The van der Waals surface area contributed by atoms with Crippen molar-refractivity contribution in [2.45, 2.75) is 25.7 Å². The molecular formula is C13H12F4N2O. The van der Waals surface area contributed by atoms with Crippen LogP contribution in [-0.4, -0.2) is 14.9 Å².